The first-order valence-electron chi connectivity index (χ1n) is 8.63. The Morgan fingerprint density at radius 2 is 2.00 bits per heavy atom. The van der Waals surface area contributed by atoms with Crippen molar-refractivity contribution in [2.75, 3.05) is 18.1 Å². The lowest BCUT2D eigenvalue weighted by Gasteiger charge is -2.28. The van der Waals surface area contributed by atoms with Crippen molar-refractivity contribution in [2.45, 2.75) is 6.18 Å². The maximum absolute atomic E-state index is 13.0. The lowest BCUT2D eigenvalue weighted by atomic mass is 10.1. The van der Waals surface area contributed by atoms with Crippen LogP contribution in [-0.4, -0.2) is 29.2 Å². The maximum atomic E-state index is 13.0. The number of nitrogens with zero attached hydrogens (tertiary/aromatic N) is 3. The van der Waals surface area contributed by atoms with Gasteiger partial charge >= 0.3 is 12.3 Å². The van der Waals surface area contributed by atoms with Crippen LogP contribution in [-0.2, 0) is 6.18 Å². The number of alkyl halides is 3. The smallest absolute Gasteiger partial charge is 0.421 e. The van der Waals surface area contributed by atoms with Crippen molar-refractivity contribution < 1.29 is 27.4 Å². The normalized spacial score (nSPS) is 13.4. The van der Waals surface area contributed by atoms with Crippen molar-refractivity contribution in [3.8, 4) is 22.8 Å². The molecule has 0 aliphatic carbocycles. The van der Waals surface area contributed by atoms with E-state index in [0.29, 0.717) is 5.75 Å². The molecule has 0 bridgehead atoms. The first kappa shape index (κ1) is 18.7. The third kappa shape index (κ3) is 3.98. The van der Waals surface area contributed by atoms with Crippen LogP contribution in [0.3, 0.4) is 0 Å². The minimum atomic E-state index is -4.47. The molecule has 2 aromatic heterocycles. The van der Waals surface area contributed by atoms with Crippen LogP contribution in [0, 0.1) is 0 Å². The van der Waals surface area contributed by atoms with E-state index >= 15 is 0 Å². The zero-order valence-electron chi connectivity index (χ0n) is 14.9. The summed E-state index contributed by atoms with van der Waals surface area (Å²) in [4.78, 5) is 22.1. The Morgan fingerprint density at radius 1 is 1.14 bits per heavy atom. The molecule has 0 saturated carbocycles. The number of ether oxygens (including phenoxy) is 2. The summed E-state index contributed by atoms with van der Waals surface area (Å²) in [6, 6.07) is 11.2. The van der Waals surface area contributed by atoms with Gasteiger partial charge in [-0.15, -0.1) is 0 Å². The molecule has 0 atom stereocenters. The molecule has 3 heterocycles. The molecular weight excluding hydrogens is 387 g/mol. The van der Waals surface area contributed by atoms with Gasteiger partial charge in [-0.1, -0.05) is 12.1 Å². The van der Waals surface area contributed by atoms with Crippen molar-refractivity contribution in [1.82, 2.24) is 9.97 Å². The number of benzene rings is 1. The summed E-state index contributed by atoms with van der Waals surface area (Å²) in [5.41, 5.74) is -0.230. The Morgan fingerprint density at radius 3 is 2.76 bits per heavy atom. The van der Waals surface area contributed by atoms with Gasteiger partial charge in [0.1, 0.15) is 6.61 Å². The van der Waals surface area contributed by atoms with Crippen LogP contribution in [0.5, 0.6) is 11.5 Å². The summed E-state index contributed by atoms with van der Waals surface area (Å²) in [5.74, 6) is 0.787. The van der Waals surface area contributed by atoms with Gasteiger partial charge in [-0.3, -0.25) is 9.88 Å². The zero-order valence-corrected chi connectivity index (χ0v) is 14.9. The van der Waals surface area contributed by atoms with Gasteiger partial charge in [0.25, 0.3) is 0 Å². The molecule has 9 heteroatoms. The summed E-state index contributed by atoms with van der Waals surface area (Å²) in [6.45, 7) is 0.421. The van der Waals surface area contributed by atoms with Crippen LogP contribution in [0.1, 0.15) is 5.56 Å². The van der Waals surface area contributed by atoms with E-state index in [-0.39, 0.29) is 36.0 Å². The van der Waals surface area contributed by atoms with Crippen molar-refractivity contribution >= 4 is 11.9 Å². The zero-order chi connectivity index (χ0) is 20.4. The fraction of sp³-hybridized carbons (Fsp3) is 0.150. The summed E-state index contributed by atoms with van der Waals surface area (Å²) >= 11 is 0. The highest BCUT2D eigenvalue weighted by Gasteiger charge is 2.31. The number of carbonyl (C=O) groups is 1. The van der Waals surface area contributed by atoms with Gasteiger partial charge in [0.05, 0.1) is 24.0 Å². The second-order valence-corrected chi connectivity index (χ2v) is 6.15. The highest BCUT2D eigenvalue weighted by Crippen LogP contribution is 2.35. The van der Waals surface area contributed by atoms with Crippen LogP contribution >= 0.6 is 0 Å². The first-order chi connectivity index (χ1) is 13.9. The molecule has 148 valence electrons. The number of pyridine rings is 2. The molecule has 0 N–H and O–H groups in total. The van der Waals surface area contributed by atoms with Crippen molar-refractivity contribution in [2.24, 2.45) is 0 Å². The van der Waals surface area contributed by atoms with E-state index in [1.165, 1.54) is 23.2 Å². The van der Waals surface area contributed by atoms with Gasteiger partial charge in [0.2, 0.25) is 0 Å². The largest absolute Gasteiger partial charge is 0.488 e. The standard InChI is InChI=1S/C20H14F3N3O3/c21-20(22,23)14-4-1-3-13(11-14)16-6-7-17-18(25-16)26(9-10-28-17)19(27)29-15-5-2-8-24-12-15/h1-8,11-12H,9-10H2. The quantitative estimate of drug-likeness (QED) is 0.630. The number of aromatic nitrogens is 2. The minimum absolute atomic E-state index is 0.181. The number of amides is 1. The predicted molar refractivity (Wildman–Crippen MR) is 97.8 cm³/mol. The molecule has 3 aromatic rings. The number of hydrogen-bond donors (Lipinski definition) is 0. The van der Waals surface area contributed by atoms with E-state index in [9.17, 15) is 18.0 Å². The van der Waals surface area contributed by atoms with E-state index < -0.39 is 17.8 Å². The molecule has 1 aliphatic heterocycles. The molecule has 1 aromatic carbocycles. The predicted octanol–water partition coefficient (Wildman–Crippen LogP) is 4.56. The molecule has 4 rings (SSSR count). The van der Waals surface area contributed by atoms with Crippen LogP contribution in [0.4, 0.5) is 23.8 Å². The van der Waals surface area contributed by atoms with Gasteiger partial charge in [0.15, 0.2) is 17.3 Å². The van der Waals surface area contributed by atoms with Crippen LogP contribution in [0.15, 0.2) is 60.9 Å². The van der Waals surface area contributed by atoms with E-state index in [1.807, 2.05) is 0 Å². The molecule has 1 amide bonds. The number of carbonyl (C=O) groups excluding carboxylic acids is 1. The van der Waals surface area contributed by atoms with Gasteiger partial charge in [0, 0.05) is 11.8 Å². The lowest BCUT2D eigenvalue weighted by Crippen LogP contribution is -2.40. The first-order valence-corrected chi connectivity index (χ1v) is 8.63. The monoisotopic (exact) mass is 401 g/mol. The molecule has 0 fully saturated rings. The van der Waals surface area contributed by atoms with E-state index in [2.05, 4.69) is 9.97 Å². The van der Waals surface area contributed by atoms with Gasteiger partial charge in [-0.2, -0.15) is 13.2 Å². The average molecular weight is 401 g/mol. The Kier molecular flexibility index (Phi) is 4.79. The van der Waals surface area contributed by atoms with E-state index in [0.717, 1.165) is 12.1 Å². The van der Waals surface area contributed by atoms with Crippen LogP contribution in [0.25, 0.3) is 11.3 Å². The third-order valence-corrected chi connectivity index (χ3v) is 4.21. The Hall–Kier alpha value is -3.62. The molecule has 0 saturated heterocycles. The number of anilines is 1. The molecule has 29 heavy (non-hydrogen) atoms. The fourth-order valence-corrected chi connectivity index (χ4v) is 2.85. The Labute approximate surface area is 163 Å². The lowest BCUT2D eigenvalue weighted by molar-refractivity contribution is -0.137. The molecule has 1 aliphatic rings. The van der Waals surface area contributed by atoms with Gasteiger partial charge in [-0.05, 0) is 36.4 Å². The SMILES string of the molecule is O=C(Oc1cccnc1)N1CCOc2ccc(-c3cccc(C(F)(F)F)c3)nc21. The summed E-state index contributed by atoms with van der Waals surface area (Å²) < 4.78 is 49.9. The van der Waals surface area contributed by atoms with Crippen molar-refractivity contribution in [3.63, 3.8) is 0 Å². The van der Waals surface area contributed by atoms with Crippen molar-refractivity contribution in [1.29, 1.82) is 0 Å². The highest BCUT2D eigenvalue weighted by molar-refractivity contribution is 5.90. The van der Waals surface area contributed by atoms with Crippen LogP contribution < -0.4 is 14.4 Å². The van der Waals surface area contributed by atoms with E-state index in [4.69, 9.17) is 9.47 Å². The maximum Gasteiger partial charge on any atom is 0.421 e. The summed E-state index contributed by atoms with van der Waals surface area (Å²) in [6.07, 6.45) is -2.21. The van der Waals surface area contributed by atoms with Gasteiger partial charge < -0.3 is 9.47 Å². The highest BCUT2D eigenvalue weighted by atomic mass is 19.4. The van der Waals surface area contributed by atoms with Crippen molar-refractivity contribution in [3.05, 3.63) is 66.5 Å². The molecule has 0 unspecified atom stereocenters. The minimum Gasteiger partial charge on any atom is -0.488 e. The third-order valence-electron chi connectivity index (χ3n) is 4.21. The van der Waals surface area contributed by atoms with E-state index in [1.54, 1.807) is 30.5 Å². The fourth-order valence-electron chi connectivity index (χ4n) is 2.85. The molecule has 0 radical (unpaired) electrons. The number of rotatable bonds is 2. The topological polar surface area (TPSA) is 64.5 Å². The molecular formula is C20H14F3N3O3. The average Bonchev–Trinajstić information content (AvgIpc) is 2.73. The second-order valence-electron chi connectivity index (χ2n) is 6.15. The summed E-state index contributed by atoms with van der Waals surface area (Å²) in [5, 5.41) is 0. The van der Waals surface area contributed by atoms with Crippen LogP contribution in [0.2, 0.25) is 0 Å². The van der Waals surface area contributed by atoms with Gasteiger partial charge in [-0.25, -0.2) is 9.78 Å². The molecule has 6 nitrogen and oxygen atoms in total. The number of halogens is 3. The number of hydrogen-bond acceptors (Lipinski definition) is 5. The summed E-state index contributed by atoms with van der Waals surface area (Å²) in [7, 11) is 0. The Bertz CT molecular complexity index is 1040. The molecule has 0 spiro atoms. The number of fused-ring (bicyclic) bond motifs is 1. The Balaban J connectivity index is 1.66. The second kappa shape index (κ2) is 7.42.